The Balaban J connectivity index is 1.48. The molecule has 0 bridgehead atoms. The molecule has 0 N–H and O–H groups in total. The molecule has 132 valence electrons. The second-order valence-corrected chi connectivity index (χ2v) is 7.56. The predicted molar refractivity (Wildman–Crippen MR) is 97.4 cm³/mol. The molecule has 1 aromatic rings. The van der Waals surface area contributed by atoms with Gasteiger partial charge in [0.15, 0.2) is 6.61 Å². The van der Waals surface area contributed by atoms with Gasteiger partial charge in [-0.3, -0.25) is 4.79 Å². The van der Waals surface area contributed by atoms with E-state index in [1.165, 1.54) is 32.0 Å². The van der Waals surface area contributed by atoms with E-state index >= 15 is 0 Å². The first-order valence-corrected chi connectivity index (χ1v) is 9.47. The highest BCUT2D eigenvalue weighted by Gasteiger charge is 2.28. The van der Waals surface area contributed by atoms with Crippen molar-refractivity contribution in [3.8, 4) is 5.75 Å². The van der Waals surface area contributed by atoms with Crippen LogP contribution in [0.1, 0.15) is 25.7 Å². The number of piperidine rings is 1. The molecule has 0 aromatic heterocycles. The lowest BCUT2D eigenvalue weighted by molar-refractivity contribution is -0.134. The van der Waals surface area contributed by atoms with Gasteiger partial charge in [-0.15, -0.1) is 0 Å². The van der Waals surface area contributed by atoms with E-state index in [1.807, 2.05) is 4.90 Å². The molecule has 2 heterocycles. The molecule has 2 fully saturated rings. The Bertz CT molecular complexity index is 598. The highest BCUT2D eigenvalue weighted by Crippen LogP contribution is 2.33. The van der Waals surface area contributed by atoms with Crippen LogP contribution in [0.5, 0.6) is 5.75 Å². The summed E-state index contributed by atoms with van der Waals surface area (Å²) in [5.41, 5.74) is 0. The number of benzene rings is 1. The zero-order valence-corrected chi connectivity index (χ0v) is 15.7. The Morgan fingerprint density at radius 3 is 2.29 bits per heavy atom. The molecule has 0 unspecified atom stereocenters. The van der Waals surface area contributed by atoms with E-state index < -0.39 is 0 Å². The molecule has 4 nitrogen and oxygen atoms in total. The van der Waals surface area contributed by atoms with E-state index in [0.717, 1.165) is 25.9 Å². The maximum absolute atomic E-state index is 12.3. The van der Waals surface area contributed by atoms with Crippen molar-refractivity contribution in [1.82, 2.24) is 9.80 Å². The Labute approximate surface area is 157 Å². The molecule has 0 saturated carbocycles. The van der Waals surface area contributed by atoms with Gasteiger partial charge >= 0.3 is 0 Å². The van der Waals surface area contributed by atoms with Gasteiger partial charge in [-0.05, 0) is 44.8 Å². The number of rotatable bonds is 4. The van der Waals surface area contributed by atoms with E-state index in [9.17, 15) is 4.79 Å². The molecule has 7 heteroatoms. The average molecular weight is 392 g/mol. The third-order valence-corrected chi connectivity index (χ3v) is 5.82. The summed E-state index contributed by atoms with van der Waals surface area (Å²) in [6.07, 6.45) is 4.69. The molecule has 2 aliphatic rings. The van der Waals surface area contributed by atoms with Crippen LogP contribution in [0.4, 0.5) is 0 Å². The number of carbonyl (C=O) groups is 1. The number of carbonyl (C=O) groups excluding carboxylic acids is 1. The molecule has 3 rings (SSSR count). The third-order valence-electron chi connectivity index (χ3n) is 4.80. The topological polar surface area (TPSA) is 32.8 Å². The van der Waals surface area contributed by atoms with Crippen LogP contribution >= 0.6 is 34.8 Å². The fraction of sp³-hybridized carbons (Fsp3) is 0.588. The van der Waals surface area contributed by atoms with Crippen LogP contribution in [0.3, 0.4) is 0 Å². The zero-order chi connectivity index (χ0) is 17.1. The smallest absolute Gasteiger partial charge is 0.260 e. The number of nitrogens with zero attached hydrogens (tertiary/aromatic N) is 2. The van der Waals surface area contributed by atoms with E-state index in [4.69, 9.17) is 39.5 Å². The Morgan fingerprint density at radius 2 is 1.62 bits per heavy atom. The van der Waals surface area contributed by atoms with Crippen LogP contribution in [-0.2, 0) is 4.79 Å². The molecule has 0 radical (unpaired) electrons. The second kappa shape index (κ2) is 8.13. The molecule has 24 heavy (non-hydrogen) atoms. The predicted octanol–water partition coefficient (Wildman–Crippen LogP) is 4.11. The highest BCUT2D eigenvalue weighted by molar-refractivity contribution is 6.43. The van der Waals surface area contributed by atoms with Gasteiger partial charge in [0.2, 0.25) is 0 Å². The molecule has 1 aromatic carbocycles. The Morgan fingerprint density at radius 1 is 1.00 bits per heavy atom. The minimum atomic E-state index is -0.0357. The van der Waals surface area contributed by atoms with Gasteiger partial charge in [-0.2, -0.15) is 0 Å². The summed E-state index contributed by atoms with van der Waals surface area (Å²) in [6, 6.07) is 3.69. The Hall–Kier alpha value is -0.680. The van der Waals surface area contributed by atoms with Crippen molar-refractivity contribution < 1.29 is 9.53 Å². The van der Waals surface area contributed by atoms with Gasteiger partial charge in [-0.1, -0.05) is 34.8 Å². The van der Waals surface area contributed by atoms with E-state index in [2.05, 4.69) is 4.90 Å². The molecule has 0 spiro atoms. The Kier molecular flexibility index (Phi) is 6.14. The summed E-state index contributed by atoms with van der Waals surface area (Å²) < 4.78 is 5.54. The van der Waals surface area contributed by atoms with Crippen LogP contribution in [0.15, 0.2) is 12.1 Å². The second-order valence-electron chi connectivity index (χ2n) is 6.34. The van der Waals surface area contributed by atoms with E-state index in [1.54, 1.807) is 6.07 Å². The minimum Gasteiger partial charge on any atom is -0.482 e. The lowest BCUT2D eigenvalue weighted by Gasteiger charge is -2.36. The zero-order valence-electron chi connectivity index (χ0n) is 13.4. The maximum atomic E-state index is 12.3. The van der Waals surface area contributed by atoms with Gasteiger partial charge < -0.3 is 14.5 Å². The minimum absolute atomic E-state index is 0.0167. The number of ether oxygens (including phenoxy) is 1. The average Bonchev–Trinajstić information content (AvgIpc) is 3.11. The first-order valence-electron chi connectivity index (χ1n) is 8.34. The number of hydrogen-bond acceptors (Lipinski definition) is 3. The van der Waals surface area contributed by atoms with Crippen LogP contribution < -0.4 is 4.74 Å². The van der Waals surface area contributed by atoms with Crippen LogP contribution in [0, 0.1) is 0 Å². The van der Waals surface area contributed by atoms with Crippen LogP contribution in [-0.4, -0.2) is 54.5 Å². The van der Waals surface area contributed by atoms with Crippen molar-refractivity contribution in [2.24, 2.45) is 0 Å². The number of likely N-dealkylation sites (tertiary alicyclic amines) is 2. The van der Waals surface area contributed by atoms with E-state index in [-0.39, 0.29) is 12.5 Å². The monoisotopic (exact) mass is 390 g/mol. The molecular weight excluding hydrogens is 371 g/mol. The van der Waals surface area contributed by atoms with Crippen LogP contribution in [0.25, 0.3) is 0 Å². The molecule has 1 amide bonds. The van der Waals surface area contributed by atoms with Gasteiger partial charge in [0.25, 0.3) is 5.91 Å². The molecular formula is C17H21Cl3N2O2. The lowest BCUT2D eigenvalue weighted by Crippen LogP contribution is -2.47. The van der Waals surface area contributed by atoms with Crippen molar-refractivity contribution >= 4 is 40.7 Å². The van der Waals surface area contributed by atoms with Gasteiger partial charge in [0.05, 0.1) is 15.1 Å². The van der Waals surface area contributed by atoms with Crippen molar-refractivity contribution in [2.45, 2.75) is 31.7 Å². The fourth-order valence-electron chi connectivity index (χ4n) is 3.43. The highest BCUT2D eigenvalue weighted by atomic mass is 35.5. The normalized spacial score (nSPS) is 19.7. The first-order chi connectivity index (χ1) is 11.5. The third kappa shape index (κ3) is 4.29. The van der Waals surface area contributed by atoms with Gasteiger partial charge in [-0.25, -0.2) is 0 Å². The lowest BCUT2D eigenvalue weighted by atomic mass is 10.0. The summed E-state index contributed by atoms with van der Waals surface area (Å²) in [7, 11) is 0. The summed E-state index contributed by atoms with van der Waals surface area (Å²) in [5, 5.41) is 1.07. The first kappa shape index (κ1) is 18.1. The number of halogens is 3. The van der Waals surface area contributed by atoms with E-state index in [0.29, 0.717) is 26.9 Å². The molecule has 0 aliphatic carbocycles. The van der Waals surface area contributed by atoms with Gasteiger partial charge in [0, 0.05) is 25.2 Å². The van der Waals surface area contributed by atoms with Crippen molar-refractivity contribution in [1.29, 1.82) is 0 Å². The number of amides is 1. The number of hydrogen-bond donors (Lipinski definition) is 0. The SMILES string of the molecule is O=C(COc1cc(Cl)c(Cl)cc1Cl)N1CCC(N2CCCC2)CC1. The molecule has 2 aliphatic heterocycles. The summed E-state index contributed by atoms with van der Waals surface area (Å²) in [6.45, 7) is 3.96. The molecule has 2 saturated heterocycles. The van der Waals surface area contributed by atoms with Gasteiger partial charge in [0.1, 0.15) is 5.75 Å². The quantitative estimate of drug-likeness (QED) is 0.724. The maximum Gasteiger partial charge on any atom is 0.260 e. The largest absolute Gasteiger partial charge is 0.482 e. The summed E-state index contributed by atoms with van der Waals surface area (Å²) in [5.74, 6) is 0.364. The fourth-order valence-corrected chi connectivity index (χ4v) is 4.02. The van der Waals surface area contributed by atoms with Crippen molar-refractivity contribution in [3.63, 3.8) is 0 Å². The standard InChI is InChI=1S/C17H21Cl3N2O2/c18-13-9-15(20)16(10-14(13)19)24-11-17(23)22-7-3-12(4-8-22)21-5-1-2-6-21/h9-10,12H,1-8,11H2. The van der Waals surface area contributed by atoms with Crippen molar-refractivity contribution in [3.05, 3.63) is 27.2 Å². The summed E-state index contributed by atoms with van der Waals surface area (Å²) in [4.78, 5) is 16.8. The van der Waals surface area contributed by atoms with Crippen LogP contribution in [0.2, 0.25) is 15.1 Å². The molecule has 0 atom stereocenters. The summed E-state index contributed by atoms with van der Waals surface area (Å²) >= 11 is 17.9. The van der Waals surface area contributed by atoms with Crippen molar-refractivity contribution in [2.75, 3.05) is 32.8 Å².